The molecule has 0 unspecified atom stereocenters. The summed E-state index contributed by atoms with van der Waals surface area (Å²) in [6.45, 7) is 2.09. The summed E-state index contributed by atoms with van der Waals surface area (Å²) in [4.78, 5) is 25.8. The molecule has 0 radical (unpaired) electrons. The number of rotatable bonds is 6. The van der Waals surface area contributed by atoms with E-state index in [1.807, 2.05) is 0 Å². The maximum absolute atomic E-state index is 11.3. The number of esters is 1. The van der Waals surface area contributed by atoms with Crippen molar-refractivity contribution in [2.24, 2.45) is 0 Å². The Morgan fingerprint density at radius 2 is 2.18 bits per heavy atom. The van der Waals surface area contributed by atoms with E-state index in [1.165, 1.54) is 0 Å². The maximum atomic E-state index is 11.3. The largest absolute Gasteiger partial charge is 0.466 e. The van der Waals surface area contributed by atoms with Crippen molar-refractivity contribution in [1.29, 1.82) is 0 Å². The average molecular weight is 256 g/mol. The fourth-order valence-electron chi connectivity index (χ4n) is 1.39. The summed E-state index contributed by atoms with van der Waals surface area (Å²) in [6.07, 6.45) is 1.85. The first-order valence-corrected chi connectivity index (χ1v) is 5.78. The van der Waals surface area contributed by atoms with E-state index in [2.05, 4.69) is 4.98 Å². The molecule has 5 heteroatoms. The highest BCUT2D eigenvalue weighted by atomic mass is 35.5. The van der Waals surface area contributed by atoms with Crippen molar-refractivity contribution in [1.82, 2.24) is 4.98 Å². The van der Waals surface area contributed by atoms with Crippen molar-refractivity contribution in [3.8, 4) is 0 Å². The van der Waals surface area contributed by atoms with Crippen LogP contribution in [0, 0.1) is 0 Å². The highest BCUT2D eigenvalue weighted by Crippen LogP contribution is 2.13. The van der Waals surface area contributed by atoms with Crippen LogP contribution < -0.4 is 0 Å². The summed E-state index contributed by atoms with van der Waals surface area (Å²) >= 11 is 5.91. The Morgan fingerprint density at radius 3 is 2.82 bits per heavy atom. The lowest BCUT2D eigenvalue weighted by Crippen LogP contribution is -2.09. The number of pyridine rings is 1. The molecule has 1 aromatic heterocycles. The van der Waals surface area contributed by atoms with Crippen molar-refractivity contribution in [2.75, 3.05) is 6.61 Å². The average Bonchev–Trinajstić information content (AvgIpc) is 2.25. The van der Waals surface area contributed by atoms with Crippen molar-refractivity contribution >= 4 is 23.9 Å². The van der Waals surface area contributed by atoms with Gasteiger partial charge in [-0.05, 0) is 25.5 Å². The highest BCUT2D eigenvalue weighted by Gasteiger charge is 2.07. The molecule has 0 atom stereocenters. The first-order chi connectivity index (χ1) is 8.15. The van der Waals surface area contributed by atoms with Gasteiger partial charge in [-0.15, -0.1) is 0 Å². The zero-order valence-electron chi connectivity index (χ0n) is 9.61. The van der Waals surface area contributed by atoms with Crippen LogP contribution in [0.25, 0.3) is 0 Å². The van der Waals surface area contributed by atoms with Crippen molar-refractivity contribution < 1.29 is 14.3 Å². The molecule has 0 aliphatic heterocycles. The second-order valence-corrected chi connectivity index (χ2v) is 3.89. The third kappa shape index (κ3) is 4.95. The van der Waals surface area contributed by atoms with Crippen LogP contribution >= 0.6 is 11.6 Å². The summed E-state index contributed by atoms with van der Waals surface area (Å²) in [5, 5.41) is 0.514. The van der Waals surface area contributed by atoms with Crippen LogP contribution in [-0.2, 0) is 27.2 Å². The van der Waals surface area contributed by atoms with E-state index < -0.39 is 0 Å². The molecular formula is C12H14ClNO3. The molecule has 1 aromatic rings. The third-order valence-electron chi connectivity index (χ3n) is 2.05. The van der Waals surface area contributed by atoms with E-state index in [9.17, 15) is 9.59 Å². The third-order valence-corrected chi connectivity index (χ3v) is 2.26. The molecule has 0 fully saturated rings. The molecule has 0 saturated carbocycles. The standard InChI is InChI=1S/C12H14ClNO3/c1-2-17-12(16)8-11-7-9(13)6-10(14-11)4-3-5-15/h5-7H,2-4,8H2,1H3. The molecule has 0 aromatic carbocycles. The number of aryl methyl sites for hydroxylation is 1. The molecule has 0 aliphatic rings. The second kappa shape index (κ2) is 7.01. The summed E-state index contributed by atoms with van der Waals surface area (Å²) in [6, 6.07) is 3.32. The molecule has 0 aliphatic carbocycles. The number of carbonyl (C=O) groups excluding carboxylic acids is 2. The number of ether oxygens (including phenoxy) is 1. The van der Waals surface area contributed by atoms with E-state index in [0.717, 1.165) is 6.29 Å². The Hall–Kier alpha value is -1.42. The van der Waals surface area contributed by atoms with Gasteiger partial charge in [-0.25, -0.2) is 0 Å². The minimum Gasteiger partial charge on any atom is -0.466 e. The molecular weight excluding hydrogens is 242 g/mol. The van der Waals surface area contributed by atoms with Gasteiger partial charge in [0.25, 0.3) is 0 Å². The molecule has 17 heavy (non-hydrogen) atoms. The van der Waals surface area contributed by atoms with E-state index >= 15 is 0 Å². The zero-order chi connectivity index (χ0) is 12.7. The summed E-state index contributed by atoms with van der Waals surface area (Å²) < 4.78 is 4.83. The predicted molar refractivity (Wildman–Crippen MR) is 64.0 cm³/mol. The van der Waals surface area contributed by atoms with E-state index in [-0.39, 0.29) is 12.4 Å². The molecule has 0 N–H and O–H groups in total. The quantitative estimate of drug-likeness (QED) is 0.576. The topological polar surface area (TPSA) is 56.3 Å². The number of hydrogen-bond acceptors (Lipinski definition) is 4. The molecule has 0 amide bonds. The summed E-state index contributed by atoms with van der Waals surface area (Å²) in [7, 11) is 0. The van der Waals surface area contributed by atoms with Gasteiger partial charge in [0.05, 0.1) is 18.7 Å². The van der Waals surface area contributed by atoms with Crippen LogP contribution in [0.1, 0.15) is 24.7 Å². The summed E-state index contributed by atoms with van der Waals surface area (Å²) in [5.41, 5.74) is 1.28. The van der Waals surface area contributed by atoms with Gasteiger partial charge in [-0.3, -0.25) is 9.78 Å². The zero-order valence-corrected chi connectivity index (χ0v) is 10.4. The normalized spacial score (nSPS) is 10.0. The van der Waals surface area contributed by atoms with Gasteiger partial charge >= 0.3 is 5.97 Å². The smallest absolute Gasteiger partial charge is 0.311 e. The Bertz CT molecular complexity index is 407. The van der Waals surface area contributed by atoms with Crippen molar-refractivity contribution in [3.63, 3.8) is 0 Å². The van der Waals surface area contributed by atoms with Gasteiger partial charge in [-0.2, -0.15) is 0 Å². The lowest BCUT2D eigenvalue weighted by molar-refractivity contribution is -0.142. The number of aldehydes is 1. The molecule has 92 valence electrons. The first-order valence-electron chi connectivity index (χ1n) is 5.40. The fourth-order valence-corrected chi connectivity index (χ4v) is 1.65. The van der Waals surface area contributed by atoms with Gasteiger partial charge < -0.3 is 9.53 Å². The molecule has 1 heterocycles. The molecule has 1 rings (SSSR count). The van der Waals surface area contributed by atoms with E-state index in [4.69, 9.17) is 16.3 Å². The summed E-state index contributed by atoms with van der Waals surface area (Å²) in [5.74, 6) is -0.330. The van der Waals surface area contributed by atoms with Crippen LogP contribution in [-0.4, -0.2) is 23.8 Å². The number of nitrogens with zero attached hydrogens (tertiary/aromatic N) is 1. The number of halogens is 1. The maximum Gasteiger partial charge on any atom is 0.311 e. The van der Waals surface area contributed by atoms with Crippen molar-refractivity contribution in [2.45, 2.75) is 26.2 Å². The molecule has 0 saturated heterocycles. The van der Waals surface area contributed by atoms with Gasteiger partial charge in [0.2, 0.25) is 0 Å². The Kier molecular flexibility index (Phi) is 5.63. The van der Waals surface area contributed by atoms with Gasteiger partial charge in [-0.1, -0.05) is 11.6 Å². The van der Waals surface area contributed by atoms with Gasteiger partial charge in [0.15, 0.2) is 0 Å². The number of hydrogen-bond donors (Lipinski definition) is 0. The first kappa shape index (κ1) is 13.6. The molecule has 0 spiro atoms. The SMILES string of the molecule is CCOC(=O)Cc1cc(Cl)cc(CCC=O)n1. The highest BCUT2D eigenvalue weighted by molar-refractivity contribution is 6.30. The number of aromatic nitrogens is 1. The Morgan fingerprint density at radius 1 is 1.47 bits per heavy atom. The number of carbonyl (C=O) groups is 2. The lowest BCUT2D eigenvalue weighted by atomic mass is 10.2. The van der Waals surface area contributed by atoms with Crippen LogP contribution in [0.15, 0.2) is 12.1 Å². The lowest BCUT2D eigenvalue weighted by Gasteiger charge is -2.05. The van der Waals surface area contributed by atoms with E-state index in [1.54, 1.807) is 19.1 Å². The van der Waals surface area contributed by atoms with Gasteiger partial charge in [0, 0.05) is 17.1 Å². The minimum absolute atomic E-state index is 0.0997. The van der Waals surface area contributed by atoms with Crippen LogP contribution in [0.4, 0.5) is 0 Å². The second-order valence-electron chi connectivity index (χ2n) is 3.46. The minimum atomic E-state index is -0.330. The predicted octanol–water partition coefficient (Wildman–Crippen LogP) is 1.97. The fraction of sp³-hybridized carbons (Fsp3) is 0.417. The monoisotopic (exact) mass is 255 g/mol. The van der Waals surface area contributed by atoms with Crippen molar-refractivity contribution in [3.05, 3.63) is 28.5 Å². The Balaban J connectivity index is 2.74. The van der Waals surface area contributed by atoms with Crippen LogP contribution in [0.5, 0.6) is 0 Å². The van der Waals surface area contributed by atoms with Crippen LogP contribution in [0.3, 0.4) is 0 Å². The Labute approximate surface area is 105 Å². The van der Waals surface area contributed by atoms with E-state index in [0.29, 0.717) is 35.9 Å². The van der Waals surface area contributed by atoms with Gasteiger partial charge in [0.1, 0.15) is 6.29 Å². The molecule has 4 nitrogen and oxygen atoms in total. The van der Waals surface area contributed by atoms with Crippen LogP contribution in [0.2, 0.25) is 5.02 Å². The molecule has 0 bridgehead atoms.